The highest BCUT2D eigenvalue weighted by molar-refractivity contribution is 5.74. The molecular formula is C19H33N5O2. The zero-order valence-electron chi connectivity index (χ0n) is 16.5. The van der Waals surface area contributed by atoms with Crippen LogP contribution in [0.5, 0.6) is 0 Å². The van der Waals surface area contributed by atoms with Crippen molar-refractivity contribution in [3.05, 3.63) is 18.0 Å². The molecule has 2 aliphatic rings. The molecule has 2 saturated heterocycles. The molecule has 2 fully saturated rings. The van der Waals surface area contributed by atoms with Crippen LogP contribution in [-0.4, -0.2) is 71.5 Å². The molecule has 0 aliphatic carbocycles. The smallest absolute Gasteiger partial charge is 0.317 e. The van der Waals surface area contributed by atoms with Crippen molar-refractivity contribution in [2.45, 2.75) is 50.8 Å². The molecule has 4 atom stereocenters. The summed E-state index contributed by atoms with van der Waals surface area (Å²) < 4.78 is 7.54. The summed E-state index contributed by atoms with van der Waals surface area (Å²) in [6, 6.07) is 0.352. The van der Waals surface area contributed by atoms with Crippen LogP contribution in [0, 0.1) is 5.92 Å². The van der Waals surface area contributed by atoms with E-state index in [1.165, 1.54) is 12.0 Å². The van der Waals surface area contributed by atoms with E-state index >= 15 is 0 Å². The van der Waals surface area contributed by atoms with Crippen molar-refractivity contribution in [3.8, 4) is 0 Å². The third-order valence-corrected chi connectivity index (χ3v) is 5.80. The van der Waals surface area contributed by atoms with Crippen molar-refractivity contribution in [1.82, 2.24) is 24.9 Å². The molecule has 7 heteroatoms. The second-order valence-corrected chi connectivity index (χ2v) is 7.95. The molecule has 1 aromatic heterocycles. The number of carbonyl (C=O) groups excluding carboxylic acids is 1. The van der Waals surface area contributed by atoms with Gasteiger partial charge in [-0.2, -0.15) is 5.10 Å². The zero-order chi connectivity index (χ0) is 18.7. The molecule has 0 radical (unpaired) electrons. The molecule has 0 bridgehead atoms. The van der Waals surface area contributed by atoms with Gasteiger partial charge in [0.15, 0.2) is 0 Å². The van der Waals surface area contributed by atoms with E-state index in [9.17, 15) is 4.79 Å². The Morgan fingerprint density at radius 3 is 2.88 bits per heavy atom. The van der Waals surface area contributed by atoms with Crippen LogP contribution >= 0.6 is 0 Å². The molecule has 26 heavy (non-hydrogen) atoms. The van der Waals surface area contributed by atoms with Gasteiger partial charge in [-0.15, -0.1) is 0 Å². The number of aryl methyl sites for hydroxylation is 1. The first kappa shape index (κ1) is 19.2. The Balaban J connectivity index is 1.60. The number of hydrogen-bond acceptors (Lipinski definition) is 4. The van der Waals surface area contributed by atoms with Crippen molar-refractivity contribution in [1.29, 1.82) is 0 Å². The number of nitrogens with zero attached hydrogens (tertiary/aromatic N) is 4. The lowest BCUT2D eigenvalue weighted by Crippen LogP contribution is -2.49. The number of amides is 2. The lowest BCUT2D eigenvalue weighted by Gasteiger charge is -2.40. The Morgan fingerprint density at radius 2 is 2.23 bits per heavy atom. The molecule has 3 rings (SSSR count). The summed E-state index contributed by atoms with van der Waals surface area (Å²) in [6.07, 6.45) is 8.61. The Morgan fingerprint density at radius 1 is 1.42 bits per heavy atom. The molecule has 2 amide bonds. The average molecular weight is 364 g/mol. The summed E-state index contributed by atoms with van der Waals surface area (Å²) in [6.45, 7) is 4.67. The number of nitrogens with one attached hydrogen (secondary N) is 1. The molecule has 3 heterocycles. The number of carbonyl (C=O) groups is 1. The van der Waals surface area contributed by atoms with Crippen molar-refractivity contribution in [3.63, 3.8) is 0 Å². The predicted molar refractivity (Wildman–Crippen MR) is 101 cm³/mol. The molecule has 0 unspecified atom stereocenters. The van der Waals surface area contributed by atoms with Gasteiger partial charge >= 0.3 is 6.03 Å². The summed E-state index contributed by atoms with van der Waals surface area (Å²) in [7, 11) is 6.02. The summed E-state index contributed by atoms with van der Waals surface area (Å²) in [4.78, 5) is 16.9. The maximum Gasteiger partial charge on any atom is 0.317 e. The molecule has 0 spiro atoms. The zero-order valence-corrected chi connectivity index (χ0v) is 16.5. The summed E-state index contributed by atoms with van der Waals surface area (Å²) in [5, 5.41) is 7.45. The van der Waals surface area contributed by atoms with Gasteiger partial charge in [-0.1, -0.05) is 0 Å². The number of rotatable bonds is 5. The molecule has 7 nitrogen and oxygen atoms in total. The molecule has 1 aromatic rings. The Labute approximate surface area is 156 Å². The van der Waals surface area contributed by atoms with Crippen LogP contribution in [0.4, 0.5) is 4.79 Å². The third kappa shape index (κ3) is 4.38. The lowest BCUT2D eigenvalue weighted by atomic mass is 9.86. The first-order chi connectivity index (χ1) is 12.5. The van der Waals surface area contributed by atoms with Crippen LogP contribution < -0.4 is 5.32 Å². The minimum Gasteiger partial charge on any atom is -0.376 e. The van der Waals surface area contributed by atoms with Gasteiger partial charge in [0.25, 0.3) is 0 Å². The van der Waals surface area contributed by atoms with Gasteiger partial charge in [-0.3, -0.25) is 9.58 Å². The summed E-state index contributed by atoms with van der Waals surface area (Å²) in [5.41, 5.74) is 1.24. The molecule has 0 aromatic carbocycles. The van der Waals surface area contributed by atoms with Gasteiger partial charge in [-0.05, 0) is 52.1 Å². The second-order valence-electron chi connectivity index (χ2n) is 7.95. The van der Waals surface area contributed by atoms with E-state index < -0.39 is 0 Å². The van der Waals surface area contributed by atoms with E-state index in [0.29, 0.717) is 12.0 Å². The minimum absolute atomic E-state index is 0.00818. The number of ether oxygens (including phenoxy) is 1. The highest BCUT2D eigenvalue weighted by atomic mass is 16.5. The summed E-state index contributed by atoms with van der Waals surface area (Å²) in [5.74, 6) is 0.409. The lowest BCUT2D eigenvalue weighted by molar-refractivity contribution is 0.0793. The van der Waals surface area contributed by atoms with E-state index in [1.807, 2.05) is 36.8 Å². The van der Waals surface area contributed by atoms with Gasteiger partial charge in [0, 0.05) is 45.0 Å². The standard InChI is InChI=1S/C19H33N5O2/c1-14(17-8-6-10-26-17)21-19(25)23(3)12-15-7-5-9-22(2)18(15)16-11-20-24(4)13-16/h11,13-15,17-18H,5-10,12H2,1-4H3,(H,21,25)/t14-,15+,17+,18-/m1/s1. The average Bonchev–Trinajstić information content (AvgIpc) is 3.26. The van der Waals surface area contributed by atoms with Gasteiger partial charge in [0.05, 0.1) is 18.3 Å². The normalized spacial score (nSPS) is 28.1. The van der Waals surface area contributed by atoms with Crippen LogP contribution in [0.2, 0.25) is 0 Å². The van der Waals surface area contributed by atoms with E-state index in [2.05, 4.69) is 28.6 Å². The minimum atomic E-state index is -0.00818. The largest absolute Gasteiger partial charge is 0.376 e. The van der Waals surface area contributed by atoms with E-state index in [1.54, 1.807) is 0 Å². The predicted octanol–water partition coefficient (Wildman–Crippen LogP) is 2.01. The molecular weight excluding hydrogens is 330 g/mol. The van der Waals surface area contributed by atoms with Crippen molar-refractivity contribution >= 4 is 6.03 Å². The summed E-state index contributed by atoms with van der Waals surface area (Å²) >= 11 is 0. The molecule has 146 valence electrons. The first-order valence-corrected chi connectivity index (χ1v) is 9.77. The fourth-order valence-electron chi connectivity index (χ4n) is 4.40. The third-order valence-electron chi connectivity index (χ3n) is 5.80. The maximum absolute atomic E-state index is 12.6. The number of urea groups is 1. The topological polar surface area (TPSA) is 62.6 Å². The van der Waals surface area contributed by atoms with Crippen molar-refractivity contribution < 1.29 is 9.53 Å². The fraction of sp³-hybridized carbons (Fsp3) is 0.789. The van der Waals surface area contributed by atoms with Crippen molar-refractivity contribution in [2.24, 2.45) is 13.0 Å². The highest BCUT2D eigenvalue weighted by Crippen LogP contribution is 2.35. The van der Waals surface area contributed by atoms with Crippen LogP contribution in [0.3, 0.4) is 0 Å². The van der Waals surface area contributed by atoms with Crippen LogP contribution in [-0.2, 0) is 11.8 Å². The Hall–Kier alpha value is -1.60. The van der Waals surface area contributed by atoms with E-state index in [-0.39, 0.29) is 18.2 Å². The van der Waals surface area contributed by atoms with Crippen LogP contribution in [0.1, 0.15) is 44.2 Å². The number of aromatic nitrogens is 2. The second kappa shape index (κ2) is 8.39. The first-order valence-electron chi connectivity index (χ1n) is 9.77. The van der Waals surface area contributed by atoms with Crippen LogP contribution in [0.25, 0.3) is 0 Å². The number of hydrogen-bond donors (Lipinski definition) is 1. The van der Waals surface area contributed by atoms with E-state index in [4.69, 9.17) is 4.74 Å². The Kier molecular flexibility index (Phi) is 6.19. The van der Waals surface area contributed by atoms with Gasteiger partial charge < -0.3 is 15.0 Å². The number of piperidine rings is 1. The maximum atomic E-state index is 12.6. The SMILES string of the molecule is C[C@@H](NC(=O)N(C)C[C@@H]1CCCN(C)[C@H]1c1cnn(C)c1)[C@@H]1CCCO1. The molecule has 1 N–H and O–H groups in total. The highest BCUT2D eigenvalue weighted by Gasteiger charge is 2.33. The van der Waals surface area contributed by atoms with Gasteiger partial charge in [0.1, 0.15) is 0 Å². The fourth-order valence-corrected chi connectivity index (χ4v) is 4.40. The quantitative estimate of drug-likeness (QED) is 0.869. The monoisotopic (exact) mass is 363 g/mol. The van der Waals surface area contributed by atoms with E-state index in [0.717, 1.165) is 39.0 Å². The number of likely N-dealkylation sites (tertiary alicyclic amines) is 1. The Bertz CT molecular complexity index is 599. The van der Waals surface area contributed by atoms with Gasteiger partial charge in [-0.25, -0.2) is 4.79 Å². The van der Waals surface area contributed by atoms with Crippen molar-refractivity contribution in [2.75, 3.05) is 33.8 Å². The van der Waals surface area contributed by atoms with Gasteiger partial charge in [0.2, 0.25) is 0 Å². The molecule has 0 saturated carbocycles. The molecule has 2 aliphatic heterocycles. The van der Waals surface area contributed by atoms with Crippen LogP contribution in [0.15, 0.2) is 12.4 Å².